The second-order valence-corrected chi connectivity index (χ2v) is 8.38. The maximum atomic E-state index is 12.5. The van der Waals surface area contributed by atoms with E-state index in [0.29, 0.717) is 13.0 Å². The van der Waals surface area contributed by atoms with Crippen LogP contribution in [0.15, 0.2) is 66.6 Å². The van der Waals surface area contributed by atoms with Crippen LogP contribution in [0.1, 0.15) is 24.1 Å². The van der Waals surface area contributed by atoms with Crippen LogP contribution in [0.25, 0.3) is 16.9 Å². The van der Waals surface area contributed by atoms with Gasteiger partial charge in [-0.25, -0.2) is 19.6 Å². The van der Waals surface area contributed by atoms with Crippen LogP contribution in [0, 0.1) is 12.3 Å². The van der Waals surface area contributed by atoms with E-state index < -0.39 is 11.9 Å². The summed E-state index contributed by atoms with van der Waals surface area (Å²) in [5.74, 6) is 0.189. The van der Waals surface area contributed by atoms with Gasteiger partial charge in [0.1, 0.15) is 12.9 Å². The second kappa shape index (κ2) is 14.5. The van der Waals surface area contributed by atoms with Gasteiger partial charge in [0.05, 0.1) is 5.41 Å². The lowest BCUT2D eigenvalue weighted by Gasteiger charge is -2.08. The Morgan fingerprint density at radius 3 is 2.25 bits per heavy atom. The van der Waals surface area contributed by atoms with E-state index in [1.54, 1.807) is 24.5 Å². The molecule has 10 nitrogen and oxygen atoms in total. The highest BCUT2D eigenvalue weighted by atomic mass is 19.4. The van der Waals surface area contributed by atoms with Crippen LogP contribution in [-0.2, 0) is 15.8 Å². The first-order chi connectivity index (χ1) is 19.1. The van der Waals surface area contributed by atoms with E-state index in [1.165, 1.54) is 25.3 Å². The van der Waals surface area contributed by atoms with Crippen molar-refractivity contribution in [3.05, 3.63) is 72.8 Å². The van der Waals surface area contributed by atoms with E-state index in [0.717, 1.165) is 47.7 Å². The minimum atomic E-state index is -4.46. The number of aromatic nitrogens is 4. The maximum absolute atomic E-state index is 12.5. The Kier molecular flexibility index (Phi) is 11.4. The number of aldehydes is 1. The lowest BCUT2D eigenvalue weighted by molar-refractivity contribution is -0.141. The van der Waals surface area contributed by atoms with E-state index in [1.807, 2.05) is 12.1 Å². The quantitative estimate of drug-likeness (QED) is 0.212. The number of allylic oxidation sites excluding steroid dienone is 2. The topological polar surface area (TPSA) is 132 Å². The van der Waals surface area contributed by atoms with Crippen molar-refractivity contribution in [3.63, 3.8) is 0 Å². The highest BCUT2D eigenvalue weighted by Gasteiger charge is 2.43. The molecule has 1 aromatic carbocycles. The van der Waals surface area contributed by atoms with Gasteiger partial charge in [0.25, 0.3) is 0 Å². The number of alkyl halides is 3. The van der Waals surface area contributed by atoms with Crippen molar-refractivity contribution in [2.24, 2.45) is 10.4 Å². The highest BCUT2D eigenvalue weighted by molar-refractivity contribution is 5.73. The number of benzene rings is 1. The van der Waals surface area contributed by atoms with Gasteiger partial charge in [-0.15, -0.1) is 0 Å². The van der Waals surface area contributed by atoms with Crippen LogP contribution in [0.5, 0.6) is 6.01 Å². The normalized spacial score (nSPS) is 13.4. The molecule has 2 N–H and O–H groups in total. The van der Waals surface area contributed by atoms with E-state index in [4.69, 9.17) is 9.84 Å². The molecule has 212 valence electrons. The van der Waals surface area contributed by atoms with Crippen molar-refractivity contribution < 1.29 is 32.6 Å². The zero-order valence-electron chi connectivity index (χ0n) is 21.9. The van der Waals surface area contributed by atoms with E-state index in [2.05, 4.69) is 38.7 Å². The number of ether oxygens (including phenoxy) is 1. The number of halogens is 3. The number of carbonyl (C=O) groups is 2. The fraction of sp³-hybridized carbons (Fsp3) is 0.259. The molecule has 2 aromatic heterocycles. The third-order valence-electron chi connectivity index (χ3n) is 5.53. The first-order valence-electron chi connectivity index (χ1n) is 11.7. The number of rotatable bonds is 10. The number of aryl methyl sites for hydroxylation is 1. The highest BCUT2D eigenvalue weighted by Crippen LogP contribution is 2.43. The van der Waals surface area contributed by atoms with Crippen LogP contribution in [0.3, 0.4) is 0 Å². The van der Waals surface area contributed by atoms with Crippen molar-refractivity contribution in [2.45, 2.75) is 25.9 Å². The first-order valence-corrected chi connectivity index (χ1v) is 11.7. The summed E-state index contributed by atoms with van der Waals surface area (Å²) >= 11 is 0. The Morgan fingerprint density at radius 2 is 1.80 bits per heavy atom. The number of amides is 1. The number of aliphatic hydroxyl groups is 1. The van der Waals surface area contributed by atoms with Gasteiger partial charge in [-0.05, 0) is 50.3 Å². The van der Waals surface area contributed by atoms with Crippen molar-refractivity contribution in [2.75, 3.05) is 19.0 Å². The Labute approximate surface area is 229 Å². The van der Waals surface area contributed by atoms with Gasteiger partial charge in [-0.1, -0.05) is 24.8 Å². The molecule has 0 spiro atoms. The molecule has 1 amide bonds. The standard InChI is InChI=1S/C16H15N3O3.C10H10F3N3.CH4O/c20-9-16(5-6-16)10-22-15-17-7-13(8-18-15)12-1-3-14(4-2-12)19-11-21;1-4-5-8(14-3)16-6-7(2)9(15-16)10(11,12)13;1-2/h1-4,7-9,11H,5-6,10H2,(H,19,21);4-6H,1,3H2,2H3;2H,1H3/b;8-5+;. The van der Waals surface area contributed by atoms with E-state index >= 15 is 0 Å². The number of hydrogen-bond acceptors (Lipinski definition) is 8. The SMILES string of the molecule is C=C/C=C(\N=C)n1cc(C)c(C(F)(F)F)n1.CO.O=CNc1ccc(-c2cnc(OCC3(C=O)CC3)nc2)cc1. The molecule has 4 rings (SSSR count). The lowest BCUT2D eigenvalue weighted by Crippen LogP contribution is -2.15. The Balaban J connectivity index is 0.000000277. The van der Waals surface area contributed by atoms with Gasteiger partial charge in [-0.3, -0.25) is 4.79 Å². The van der Waals surface area contributed by atoms with Crippen molar-refractivity contribution in [1.29, 1.82) is 0 Å². The Morgan fingerprint density at radius 1 is 1.18 bits per heavy atom. The molecule has 40 heavy (non-hydrogen) atoms. The van der Waals surface area contributed by atoms with Gasteiger partial charge in [0.2, 0.25) is 6.41 Å². The molecule has 3 aromatic rings. The Hall–Kier alpha value is -4.65. The summed E-state index contributed by atoms with van der Waals surface area (Å²) in [5, 5.41) is 13.0. The van der Waals surface area contributed by atoms with Crippen LogP contribution in [0.4, 0.5) is 18.9 Å². The van der Waals surface area contributed by atoms with Crippen molar-refractivity contribution >= 4 is 30.9 Å². The number of nitrogens with one attached hydrogen (secondary N) is 1. The number of anilines is 1. The predicted molar refractivity (Wildman–Crippen MR) is 145 cm³/mol. The third-order valence-corrected chi connectivity index (χ3v) is 5.53. The summed E-state index contributed by atoms with van der Waals surface area (Å²) < 4.78 is 43.8. The van der Waals surface area contributed by atoms with Crippen molar-refractivity contribution in [3.8, 4) is 17.1 Å². The molecule has 0 atom stereocenters. The predicted octanol–water partition coefficient (Wildman–Crippen LogP) is 4.57. The molecule has 0 aliphatic heterocycles. The molecule has 0 saturated heterocycles. The summed E-state index contributed by atoms with van der Waals surface area (Å²) in [6.45, 7) is 8.34. The largest absolute Gasteiger partial charge is 0.462 e. The molecular formula is C27H29F3N6O4. The molecule has 1 aliphatic rings. The van der Waals surface area contributed by atoms with E-state index in [-0.39, 0.29) is 22.8 Å². The van der Waals surface area contributed by atoms with Gasteiger partial charge in [0.15, 0.2) is 11.5 Å². The summed E-state index contributed by atoms with van der Waals surface area (Å²) in [4.78, 5) is 33.1. The molecule has 13 heteroatoms. The number of nitrogens with zero attached hydrogens (tertiary/aromatic N) is 5. The first kappa shape index (κ1) is 31.6. The lowest BCUT2D eigenvalue weighted by atomic mass is 10.1. The molecule has 0 bridgehead atoms. The number of aliphatic hydroxyl groups excluding tert-OH is 1. The molecule has 1 fully saturated rings. The fourth-order valence-electron chi connectivity index (χ4n) is 3.20. The summed E-state index contributed by atoms with van der Waals surface area (Å²) in [7, 11) is 1.00. The summed E-state index contributed by atoms with van der Waals surface area (Å²) in [6, 6.07) is 7.62. The summed E-state index contributed by atoms with van der Waals surface area (Å²) in [6.07, 6.45) is 6.27. The number of aliphatic imine (C=N–C) groups is 1. The average molecular weight is 559 g/mol. The molecule has 2 heterocycles. The molecule has 0 unspecified atom stereocenters. The average Bonchev–Trinajstić information content (AvgIpc) is 3.64. The van der Waals surface area contributed by atoms with Gasteiger partial charge >= 0.3 is 12.2 Å². The second-order valence-electron chi connectivity index (χ2n) is 8.38. The van der Waals surface area contributed by atoms with Crippen LogP contribution < -0.4 is 10.1 Å². The maximum Gasteiger partial charge on any atom is 0.435 e. The van der Waals surface area contributed by atoms with Gasteiger partial charge < -0.3 is 20.0 Å². The number of hydrogen-bond donors (Lipinski definition) is 2. The molecule has 1 aliphatic carbocycles. The molecular weight excluding hydrogens is 529 g/mol. The molecule has 0 radical (unpaired) electrons. The van der Waals surface area contributed by atoms with Crippen LogP contribution in [0.2, 0.25) is 0 Å². The van der Waals surface area contributed by atoms with Gasteiger partial charge in [0, 0.05) is 42.5 Å². The van der Waals surface area contributed by atoms with Crippen molar-refractivity contribution in [1.82, 2.24) is 19.7 Å². The Bertz CT molecular complexity index is 1320. The summed E-state index contributed by atoms with van der Waals surface area (Å²) in [5.41, 5.74) is 1.31. The van der Waals surface area contributed by atoms with Gasteiger partial charge in [-0.2, -0.15) is 18.3 Å². The smallest absolute Gasteiger partial charge is 0.435 e. The number of carbonyl (C=O) groups excluding carboxylic acids is 2. The molecule has 1 saturated carbocycles. The van der Waals surface area contributed by atoms with Crippen LogP contribution in [-0.4, -0.2) is 58.0 Å². The fourth-order valence-corrected chi connectivity index (χ4v) is 3.20. The third kappa shape index (κ3) is 8.70. The van der Waals surface area contributed by atoms with E-state index in [9.17, 15) is 22.8 Å². The van der Waals surface area contributed by atoms with Crippen LogP contribution >= 0.6 is 0 Å². The minimum absolute atomic E-state index is 0.0334. The minimum Gasteiger partial charge on any atom is -0.462 e. The zero-order chi connectivity index (χ0) is 29.8. The monoisotopic (exact) mass is 558 g/mol. The zero-order valence-corrected chi connectivity index (χ0v) is 21.9.